The first kappa shape index (κ1) is 29.8. The third kappa shape index (κ3) is 6.43. The molecular weight excluding hydrogens is 536 g/mol. The molecule has 1 N–H and O–H groups in total. The number of carbonyl (C=O) groups excluding carboxylic acids is 2. The quantitative estimate of drug-likeness (QED) is 0.324. The van der Waals surface area contributed by atoms with Gasteiger partial charge in [-0.2, -0.15) is 0 Å². The second kappa shape index (κ2) is 13.5. The molecule has 10 heteroatoms. The smallest absolute Gasteiger partial charge is 0.328 e. The monoisotopic (exact) mass is 569 g/mol. The van der Waals surface area contributed by atoms with Crippen LogP contribution in [-0.4, -0.2) is 52.5 Å². The molecule has 0 saturated heterocycles. The van der Waals surface area contributed by atoms with E-state index in [9.17, 15) is 18.4 Å². The number of fused-ring (bicyclic) bond motifs is 1. The zero-order valence-electron chi connectivity index (χ0n) is 23.5. The van der Waals surface area contributed by atoms with E-state index < -0.39 is 35.1 Å². The highest BCUT2D eigenvalue weighted by molar-refractivity contribution is 5.97. The molecule has 0 unspecified atom stereocenters. The molecule has 8 nitrogen and oxygen atoms in total. The van der Waals surface area contributed by atoms with E-state index in [1.165, 1.54) is 7.11 Å². The molecule has 41 heavy (non-hydrogen) atoms. The summed E-state index contributed by atoms with van der Waals surface area (Å²) in [5, 5.41) is 2.43. The molecule has 218 valence electrons. The normalized spacial score (nSPS) is 13.0. The van der Waals surface area contributed by atoms with E-state index in [4.69, 9.17) is 23.7 Å². The van der Waals surface area contributed by atoms with Gasteiger partial charge in [-0.3, -0.25) is 4.79 Å². The average Bonchev–Trinajstić information content (AvgIpc) is 2.98. The van der Waals surface area contributed by atoms with Crippen LogP contribution < -0.4 is 19.5 Å². The fourth-order valence-corrected chi connectivity index (χ4v) is 4.96. The maximum atomic E-state index is 14.2. The Bertz CT molecular complexity index is 1380. The molecule has 4 rings (SSSR count). The molecule has 1 amide bonds. The highest BCUT2D eigenvalue weighted by Crippen LogP contribution is 2.45. The predicted octanol–water partition coefficient (Wildman–Crippen LogP) is 5.02. The molecule has 1 aliphatic rings. The second-order valence-electron chi connectivity index (χ2n) is 9.39. The van der Waals surface area contributed by atoms with Gasteiger partial charge < -0.3 is 29.0 Å². The first-order valence-corrected chi connectivity index (χ1v) is 13.3. The molecule has 0 aromatic heterocycles. The molecule has 0 bridgehead atoms. The van der Waals surface area contributed by atoms with Crippen molar-refractivity contribution in [3.63, 3.8) is 0 Å². The van der Waals surface area contributed by atoms with E-state index in [0.717, 1.165) is 46.9 Å². The SMILES string of the molecule is CCOCc1cc(OC)c(-c2ccc(C[C@H](NC(=O)c3c(F)cccc3F)C(=O)OC)c3c2CCCO3)c(OC)c1. The number of amides is 1. The summed E-state index contributed by atoms with van der Waals surface area (Å²) in [5.74, 6) is -2.13. The van der Waals surface area contributed by atoms with Crippen LogP contribution in [0.2, 0.25) is 0 Å². The number of halogens is 2. The number of rotatable bonds is 11. The van der Waals surface area contributed by atoms with Crippen molar-refractivity contribution in [3.05, 3.63) is 76.4 Å². The van der Waals surface area contributed by atoms with Crippen molar-refractivity contribution in [1.29, 1.82) is 0 Å². The van der Waals surface area contributed by atoms with Crippen molar-refractivity contribution in [2.24, 2.45) is 0 Å². The molecule has 0 aliphatic carbocycles. The van der Waals surface area contributed by atoms with Crippen LogP contribution in [-0.2, 0) is 33.7 Å². The summed E-state index contributed by atoms with van der Waals surface area (Å²) in [6.07, 6.45) is 1.42. The van der Waals surface area contributed by atoms with Crippen LogP contribution in [0.5, 0.6) is 17.2 Å². The lowest BCUT2D eigenvalue weighted by Crippen LogP contribution is -2.43. The Hall–Kier alpha value is -4.18. The minimum Gasteiger partial charge on any atom is -0.496 e. The topological polar surface area (TPSA) is 92.3 Å². The van der Waals surface area contributed by atoms with Crippen LogP contribution in [0.4, 0.5) is 8.78 Å². The van der Waals surface area contributed by atoms with Gasteiger partial charge in [0.2, 0.25) is 0 Å². The van der Waals surface area contributed by atoms with Gasteiger partial charge in [0.25, 0.3) is 5.91 Å². The van der Waals surface area contributed by atoms with Crippen molar-refractivity contribution in [2.45, 2.75) is 38.8 Å². The molecular formula is C31H33F2NO7. The summed E-state index contributed by atoms with van der Waals surface area (Å²) < 4.78 is 56.5. The van der Waals surface area contributed by atoms with Gasteiger partial charge in [-0.25, -0.2) is 13.6 Å². The third-order valence-corrected chi connectivity index (χ3v) is 6.87. The molecule has 0 spiro atoms. The van der Waals surface area contributed by atoms with Gasteiger partial charge in [0.1, 0.15) is 40.5 Å². The Morgan fingerprint density at radius 1 is 1.02 bits per heavy atom. The fourth-order valence-electron chi connectivity index (χ4n) is 4.96. The first-order chi connectivity index (χ1) is 19.8. The molecule has 0 saturated carbocycles. The lowest BCUT2D eigenvalue weighted by molar-refractivity contribution is -0.142. The van der Waals surface area contributed by atoms with E-state index in [0.29, 0.717) is 49.1 Å². The Morgan fingerprint density at radius 2 is 1.71 bits per heavy atom. The Kier molecular flexibility index (Phi) is 9.78. The number of nitrogens with one attached hydrogen (secondary N) is 1. The van der Waals surface area contributed by atoms with Gasteiger partial charge in [0, 0.05) is 18.6 Å². The van der Waals surface area contributed by atoms with E-state index in [1.807, 2.05) is 25.1 Å². The number of hydrogen-bond acceptors (Lipinski definition) is 7. The van der Waals surface area contributed by atoms with E-state index >= 15 is 0 Å². The van der Waals surface area contributed by atoms with Crippen LogP contribution in [0.25, 0.3) is 11.1 Å². The van der Waals surface area contributed by atoms with Crippen molar-refractivity contribution in [1.82, 2.24) is 5.32 Å². The van der Waals surface area contributed by atoms with Crippen LogP contribution in [0.3, 0.4) is 0 Å². The Morgan fingerprint density at radius 3 is 2.32 bits per heavy atom. The number of methoxy groups -OCH3 is 3. The number of carbonyl (C=O) groups is 2. The van der Waals surface area contributed by atoms with Crippen molar-refractivity contribution < 1.29 is 42.1 Å². The number of benzene rings is 3. The summed E-state index contributed by atoms with van der Waals surface area (Å²) in [6, 6.07) is 9.36. The molecule has 3 aromatic rings. The predicted molar refractivity (Wildman–Crippen MR) is 147 cm³/mol. The van der Waals surface area contributed by atoms with Crippen molar-refractivity contribution in [3.8, 4) is 28.4 Å². The van der Waals surface area contributed by atoms with E-state index in [2.05, 4.69) is 5.32 Å². The van der Waals surface area contributed by atoms with Crippen LogP contribution in [0.15, 0.2) is 42.5 Å². The molecule has 1 atom stereocenters. The third-order valence-electron chi connectivity index (χ3n) is 6.87. The maximum absolute atomic E-state index is 14.2. The summed E-state index contributed by atoms with van der Waals surface area (Å²) in [6.45, 7) is 3.35. The van der Waals surface area contributed by atoms with Gasteiger partial charge in [-0.1, -0.05) is 18.2 Å². The average molecular weight is 570 g/mol. The van der Waals surface area contributed by atoms with Gasteiger partial charge in [-0.05, 0) is 60.7 Å². The summed E-state index contributed by atoms with van der Waals surface area (Å²) in [4.78, 5) is 25.5. The van der Waals surface area contributed by atoms with Gasteiger partial charge in [0.15, 0.2) is 0 Å². The first-order valence-electron chi connectivity index (χ1n) is 13.3. The highest BCUT2D eigenvalue weighted by Gasteiger charge is 2.30. The standard InChI is InChI=1S/C31H33F2NO7/c1-5-40-17-18-14-25(37-2)27(26(15-18)38-3)20-12-11-19(29-21(20)8-7-13-41-29)16-24(31(36)39-4)34-30(35)28-22(32)9-6-10-23(28)33/h6,9-12,14-15,24H,5,7-8,13,16-17H2,1-4H3,(H,34,35)/t24-/m0/s1. The summed E-state index contributed by atoms with van der Waals surface area (Å²) >= 11 is 0. The Balaban J connectivity index is 1.73. The fraction of sp³-hybridized carbons (Fsp3) is 0.355. The molecule has 1 heterocycles. The second-order valence-corrected chi connectivity index (χ2v) is 9.39. The van der Waals surface area contributed by atoms with Crippen molar-refractivity contribution >= 4 is 11.9 Å². The molecule has 0 radical (unpaired) electrons. The largest absolute Gasteiger partial charge is 0.496 e. The molecule has 1 aliphatic heterocycles. The molecule has 3 aromatic carbocycles. The zero-order valence-corrected chi connectivity index (χ0v) is 23.5. The van der Waals surface area contributed by atoms with Crippen LogP contribution in [0, 0.1) is 11.6 Å². The Labute approximate surface area is 237 Å². The number of hydrogen-bond donors (Lipinski definition) is 1. The maximum Gasteiger partial charge on any atom is 0.328 e. The van der Waals surface area contributed by atoms with Gasteiger partial charge in [-0.15, -0.1) is 0 Å². The van der Waals surface area contributed by atoms with E-state index in [-0.39, 0.29) is 6.42 Å². The van der Waals surface area contributed by atoms with Crippen molar-refractivity contribution in [2.75, 3.05) is 34.5 Å². The lowest BCUT2D eigenvalue weighted by atomic mass is 9.89. The van der Waals surface area contributed by atoms with Gasteiger partial charge in [0.05, 0.1) is 40.1 Å². The lowest BCUT2D eigenvalue weighted by Gasteiger charge is -2.26. The number of esters is 1. The minimum absolute atomic E-state index is 0.0291. The minimum atomic E-state index is -1.23. The number of ether oxygens (including phenoxy) is 5. The molecule has 0 fully saturated rings. The zero-order chi connectivity index (χ0) is 29.5. The van der Waals surface area contributed by atoms with Crippen LogP contribution >= 0.6 is 0 Å². The van der Waals surface area contributed by atoms with Crippen LogP contribution in [0.1, 0.15) is 40.4 Å². The highest BCUT2D eigenvalue weighted by atomic mass is 19.1. The summed E-state index contributed by atoms with van der Waals surface area (Å²) in [7, 11) is 4.35. The summed E-state index contributed by atoms with van der Waals surface area (Å²) in [5.41, 5.74) is 3.22. The van der Waals surface area contributed by atoms with E-state index in [1.54, 1.807) is 20.3 Å². The van der Waals surface area contributed by atoms with Gasteiger partial charge >= 0.3 is 5.97 Å².